The van der Waals surface area contributed by atoms with E-state index < -0.39 is 0 Å². The molecule has 0 bridgehead atoms. The van der Waals surface area contributed by atoms with Crippen LogP contribution in [0.1, 0.15) is 28.9 Å². The van der Waals surface area contributed by atoms with Crippen molar-refractivity contribution < 1.29 is 19.5 Å². The molecule has 2 aliphatic heterocycles. The predicted molar refractivity (Wildman–Crippen MR) is 130 cm³/mol. The van der Waals surface area contributed by atoms with Crippen molar-refractivity contribution in [3.8, 4) is 0 Å². The molecule has 0 spiro atoms. The van der Waals surface area contributed by atoms with Gasteiger partial charge in [-0.1, -0.05) is 11.6 Å². The first kappa shape index (κ1) is 24.6. The Bertz CT molecular complexity index is 1020. The minimum absolute atomic E-state index is 0.0111. The van der Waals surface area contributed by atoms with Crippen LogP contribution in [0.5, 0.6) is 0 Å². The van der Waals surface area contributed by atoms with Gasteiger partial charge < -0.3 is 14.9 Å². The number of hydrogen-bond acceptors (Lipinski definition) is 7. The summed E-state index contributed by atoms with van der Waals surface area (Å²) in [7, 11) is 0. The van der Waals surface area contributed by atoms with Crippen LogP contribution in [0.4, 0.5) is 5.13 Å². The zero-order valence-electron chi connectivity index (χ0n) is 18.8. The van der Waals surface area contributed by atoms with Gasteiger partial charge in [0, 0.05) is 48.7 Å². The molecule has 2 fully saturated rings. The molecule has 0 unspecified atom stereocenters. The summed E-state index contributed by atoms with van der Waals surface area (Å²) in [6, 6.07) is 6.51. The highest BCUT2D eigenvalue weighted by Crippen LogP contribution is 2.19. The topological polar surface area (TPSA) is 106 Å². The summed E-state index contributed by atoms with van der Waals surface area (Å²) in [4.78, 5) is 47.6. The van der Waals surface area contributed by atoms with Crippen LogP contribution in [0.3, 0.4) is 0 Å². The SMILES string of the molecule is O=C(Nc1nc(CC(=O)N2CCN(CC(=O)N3CCC[C@@H]3CO)CC2)cs1)c1ccc(Cl)cc1. The zero-order chi connectivity index (χ0) is 24.1. The number of hydrogen-bond donors (Lipinski definition) is 2. The highest BCUT2D eigenvalue weighted by Gasteiger charge is 2.30. The summed E-state index contributed by atoms with van der Waals surface area (Å²) in [6.45, 7) is 3.42. The monoisotopic (exact) mass is 505 g/mol. The maximum Gasteiger partial charge on any atom is 0.257 e. The van der Waals surface area contributed by atoms with E-state index in [0.717, 1.165) is 12.8 Å². The maximum absolute atomic E-state index is 12.7. The lowest BCUT2D eigenvalue weighted by atomic mass is 10.2. The van der Waals surface area contributed by atoms with Gasteiger partial charge in [-0.3, -0.25) is 24.6 Å². The van der Waals surface area contributed by atoms with Crippen molar-refractivity contribution in [1.82, 2.24) is 19.7 Å². The van der Waals surface area contributed by atoms with Gasteiger partial charge in [-0.2, -0.15) is 0 Å². The van der Waals surface area contributed by atoms with Gasteiger partial charge in [-0.05, 0) is 37.1 Å². The van der Waals surface area contributed by atoms with Crippen LogP contribution in [0, 0.1) is 0 Å². The Hall–Kier alpha value is -2.53. The average molecular weight is 506 g/mol. The molecule has 1 aromatic heterocycles. The van der Waals surface area contributed by atoms with E-state index in [1.807, 2.05) is 0 Å². The average Bonchev–Trinajstić information content (AvgIpc) is 3.49. The molecule has 9 nitrogen and oxygen atoms in total. The maximum atomic E-state index is 12.7. The molecule has 2 N–H and O–H groups in total. The molecule has 0 aliphatic carbocycles. The van der Waals surface area contributed by atoms with Gasteiger partial charge in [-0.25, -0.2) is 4.98 Å². The van der Waals surface area contributed by atoms with Crippen LogP contribution in [0.2, 0.25) is 5.02 Å². The van der Waals surface area contributed by atoms with E-state index in [1.165, 1.54) is 11.3 Å². The highest BCUT2D eigenvalue weighted by atomic mass is 35.5. The number of aliphatic hydroxyl groups excluding tert-OH is 1. The van der Waals surface area contributed by atoms with E-state index in [1.54, 1.807) is 39.4 Å². The Morgan fingerprint density at radius 1 is 1.09 bits per heavy atom. The second kappa shape index (κ2) is 11.3. The molecule has 2 aromatic rings. The molecule has 11 heteroatoms. The molecule has 0 radical (unpaired) electrons. The van der Waals surface area contributed by atoms with Crippen LogP contribution in [-0.2, 0) is 16.0 Å². The smallest absolute Gasteiger partial charge is 0.257 e. The number of aromatic nitrogens is 1. The van der Waals surface area contributed by atoms with Gasteiger partial charge in [-0.15, -0.1) is 11.3 Å². The molecular formula is C23H28ClN5O4S. The molecule has 2 saturated heterocycles. The number of anilines is 1. The van der Waals surface area contributed by atoms with E-state index in [9.17, 15) is 19.5 Å². The van der Waals surface area contributed by atoms with E-state index in [2.05, 4.69) is 15.2 Å². The molecule has 3 heterocycles. The van der Waals surface area contributed by atoms with Crippen LogP contribution < -0.4 is 5.32 Å². The van der Waals surface area contributed by atoms with Crippen LogP contribution >= 0.6 is 22.9 Å². The molecule has 4 rings (SSSR count). The van der Waals surface area contributed by atoms with E-state index in [4.69, 9.17) is 11.6 Å². The van der Waals surface area contributed by atoms with Gasteiger partial charge in [0.2, 0.25) is 11.8 Å². The predicted octanol–water partition coefficient (Wildman–Crippen LogP) is 1.72. The fourth-order valence-corrected chi connectivity index (χ4v) is 5.11. The van der Waals surface area contributed by atoms with Gasteiger partial charge >= 0.3 is 0 Å². The number of rotatable bonds is 7. The van der Waals surface area contributed by atoms with Crippen molar-refractivity contribution >= 4 is 45.8 Å². The third-order valence-electron chi connectivity index (χ3n) is 6.20. The number of nitrogens with zero attached hydrogens (tertiary/aromatic N) is 4. The largest absolute Gasteiger partial charge is 0.394 e. The van der Waals surface area contributed by atoms with Gasteiger partial charge in [0.25, 0.3) is 5.91 Å². The Labute approximate surface area is 207 Å². The van der Waals surface area contributed by atoms with Crippen molar-refractivity contribution in [3.05, 3.63) is 45.9 Å². The van der Waals surface area contributed by atoms with Crippen molar-refractivity contribution in [2.75, 3.05) is 51.2 Å². The third-order valence-corrected chi connectivity index (χ3v) is 7.26. The minimum Gasteiger partial charge on any atom is -0.394 e. The van der Waals surface area contributed by atoms with Gasteiger partial charge in [0.1, 0.15) is 0 Å². The summed E-state index contributed by atoms with van der Waals surface area (Å²) < 4.78 is 0. The van der Waals surface area contributed by atoms with Gasteiger partial charge in [0.15, 0.2) is 5.13 Å². The summed E-state index contributed by atoms with van der Waals surface area (Å²) in [5, 5.41) is 15.0. The number of carbonyl (C=O) groups excluding carboxylic acids is 3. The van der Waals surface area contributed by atoms with Crippen molar-refractivity contribution in [2.45, 2.75) is 25.3 Å². The number of aliphatic hydroxyl groups is 1. The van der Waals surface area contributed by atoms with Crippen molar-refractivity contribution in [3.63, 3.8) is 0 Å². The summed E-state index contributed by atoms with van der Waals surface area (Å²) in [5.74, 6) is -0.257. The molecule has 3 amide bonds. The first-order valence-corrected chi connectivity index (χ1v) is 12.6. The Kier molecular flexibility index (Phi) is 8.15. The van der Waals surface area contributed by atoms with Crippen LogP contribution in [0.15, 0.2) is 29.6 Å². The van der Waals surface area contributed by atoms with E-state index in [-0.39, 0.29) is 36.8 Å². The lowest BCUT2D eigenvalue weighted by Gasteiger charge is -2.35. The number of amides is 3. The first-order valence-electron chi connectivity index (χ1n) is 11.3. The quantitative estimate of drug-likeness (QED) is 0.593. The molecule has 182 valence electrons. The molecule has 0 saturated carbocycles. The number of carbonyl (C=O) groups is 3. The Balaban J connectivity index is 1.22. The van der Waals surface area contributed by atoms with Crippen LogP contribution in [0.25, 0.3) is 0 Å². The number of nitrogens with one attached hydrogen (secondary N) is 1. The lowest BCUT2D eigenvalue weighted by molar-refractivity contribution is -0.135. The minimum atomic E-state index is -0.284. The Morgan fingerprint density at radius 3 is 2.53 bits per heavy atom. The summed E-state index contributed by atoms with van der Waals surface area (Å²) in [6.07, 6.45) is 1.95. The normalized spacial score (nSPS) is 18.8. The van der Waals surface area contributed by atoms with Crippen LogP contribution in [-0.4, -0.2) is 94.4 Å². The number of piperazine rings is 1. The number of likely N-dealkylation sites (tertiary alicyclic amines) is 1. The standard InChI is InChI=1S/C23H28ClN5O4S/c24-17-5-3-16(4-6-17)22(33)26-23-25-18(15-34-23)12-20(31)28-10-8-27(9-11-28)13-21(32)29-7-1-2-19(29)14-30/h3-6,15,19,30H,1-2,7-14H2,(H,25,26,33)/t19-/m1/s1. The van der Waals surface area contributed by atoms with E-state index in [0.29, 0.717) is 60.7 Å². The second-order valence-corrected chi connectivity index (χ2v) is 9.80. The van der Waals surface area contributed by atoms with Crippen molar-refractivity contribution in [1.29, 1.82) is 0 Å². The second-order valence-electron chi connectivity index (χ2n) is 8.50. The summed E-state index contributed by atoms with van der Waals surface area (Å²) in [5.41, 5.74) is 1.09. The molecule has 1 aromatic carbocycles. The number of halogens is 1. The molecule has 2 aliphatic rings. The highest BCUT2D eigenvalue weighted by molar-refractivity contribution is 7.14. The number of benzene rings is 1. The molecular weight excluding hydrogens is 478 g/mol. The lowest BCUT2D eigenvalue weighted by Crippen LogP contribution is -2.52. The third kappa shape index (κ3) is 6.12. The summed E-state index contributed by atoms with van der Waals surface area (Å²) >= 11 is 7.13. The zero-order valence-corrected chi connectivity index (χ0v) is 20.4. The molecule has 1 atom stereocenters. The molecule has 34 heavy (non-hydrogen) atoms. The first-order chi connectivity index (χ1) is 16.4. The number of thiazole rings is 1. The fourth-order valence-electron chi connectivity index (χ4n) is 4.27. The van der Waals surface area contributed by atoms with Gasteiger partial charge in [0.05, 0.1) is 31.3 Å². The Morgan fingerprint density at radius 2 is 1.82 bits per heavy atom. The van der Waals surface area contributed by atoms with E-state index >= 15 is 0 Å². The fraction of sp³-hybridized carbons (Fsp3) is 0.478. The van der Waals surface area contributed by atoms with Crippen molar-refractivity contribution in [2.24, 2.45) is 0 Å².